The molecule has 0 amide bonds. The fraction of sp³-hybridized carbons (Fsp3) is 0.435. The number of benzene rings is 1. The number of hydrogen-bond acceptors (Lipinski definition) is 3. The summed E-state index contributed by atoms with van der Waals surface area (Å²) in [6, 6.07) is 4.66. The van der Waals surface area contributed by atoms with Gasteiger partial charge in [0.1, 0.15) is 0 Å². The Hall–Kier alpha value is -1.39. The minimum atomic E-state index is 0.467. The highest BCUT2D eigenvalue weighted by Gasteiger charge is 2.11. The highest BCUT2D eigenvalue weighted by Crippen LogP contribution is 2.24. The zero-order chi connectivity index (χ0) is 20.0. The Bertz CT molecular complexity index is 818. The lowest BCUT2D eigenvalue weighted by molar-refractivity contribution is 0.819. The van der Waals surface area contributed by atoms with Crippen molar-refractivity contribution in [3.8, 4) is 0 Å². The van der Waals surface area contributed by atoms with Gasteiger partial charge in [0.2, 0.25) is 0 Å². The highest BCUT2D eigenvalue weighted by atomic mass is 79.9. The van der Waals surface area contributed by atoms with Gasteiger partial charge in [-0.1, -0.05) is 60.1 Å². The molecule has 0 atom stereocenters. The molecule has 0 saturated heterocycles. The van der Waals surface area contributed by atoms with Crippen LogP contribution in [0.2, 0.25) is 0 Å². The van der Waals surface area contributed by atoms with Gasteiger partial charge in [-0.05, 0) is 55.4 Å². The van der Waals surface area contributed by atoms with Crippen molar-refractivity contribution < 1.29 is 0 Å². The van der Waals surface area contributed by atoms with E-state index in [0.717, 1.165) is 46.7 Å². The number of thiazole rings is 1. The van der Waals surface area contributed by atoms with Crippen LogP contribution in [0.25, 0.3) is 5.70 Å². The first-order valence-electron chi connectivity index (χ1n) is 9.50. The molecule has 0 aliphatic rings. The van der Waals surface area contributed by atoms with E-state index in [-0.39, 0.29) is 0 Å². The van der Waals surface area contributed by atoms with Crippen LogP contribution in [-0.2, 0) is 12.8 Å². The van der Waals surface area contributed by atoms with Crippen molar-refractivity contribution in [1.82, 2.24) is 10.3 Å². The van der Waals surface area contributed by atoms with Crippen molar-refractivity contribution in [1.29, 1.82) is 0 Å². The summed E-state index contributed by atoms with van der Waals surface area (Å²) in [7, 11) is 0. The summed E-state index contributed by atoms with van der Waals surface area (Å²) in [5.74, 6) is 0.467. The number of rotatable bonds is 9. The van der Waals surface area contributed by atoms with Crippen molar-refractivity contribution in [2.75, 3.05) is 11.9 Å². The monoisotopic (exact) mass is 446 g/mol. The molecule has 1 heterocycles. The minimum Gasteiger partial charge on any atom is -0.380 e. The van der Waals surface area contributed by atoms with Crippen LogP contribution in [0.1, 0.15) is 53.7 Å². The molecule has 0 saturated carbocycles. The average Bonchev–Trinajstić information content (AvgIpc) is 3.04. The quantitative estimate of drug-likeness (QED) is 0.353. The van der Waals surface area contributed by atoms with Crippen molar-refractivity contribution in [2.45, 2.75) is 47.5 Å². The molecule has 1 aromatic heterocycles. The normalized spacial score (nSPS) is 11.9. The van der Waals surface area contributed by atoms with Crippen LogP contribution in [0.5, 0.6) is 0 Å². The van der Waals surface area contributed by atoms with Crippen LogP contribution >= 0.6 is 27.3 Å². The molecular formula is C23H31BrN2S. The Morgan fingerprint density at radius 3 is 2.56 bits per heavy atom. The summed E-state index contributed by atoms with van der Waals surface area (Å²) < 4.78 is 0. The molecule has 2 rings (SSSR count). The Labute approximate surface area is 176 Å². The van der Waals surface area contributed by atoms with E-state index in [2.05, 4.69) is 79.1 Å². The molecule has 0 aliphatic heterocycles. The second kappa shape index (κ2) is 10.2. The first-order chi connectivity index (χ1) is 12.8. The third-order valence-electron chi connectivity index (χ3n) is 4.41. The van der Waals surface area contributed by atoms with Crippen LogP contribution in [0.3, 0.4) is 0 Å². The molecular weight excluding hydrogens is 416 g/mol. The molecule has 1 aromatic carbocycles. The van der Waals surface area contributed by atoms with Crippen molar-refractivity contribution in [3.63, 3.8) is 0 Å². The van der Waals surface area contributed by atoms with E-state index in [1.807, 2.05) is 6.92 Å². The lowest BCUT2D eigenvalue weighted by atomic mass is 9.97. The smallest absolute Gasteiger partial charge is 0.0977 e. The topological polar surface area (TPSA) is 24.9 Å². The third kappa shape index (κ3) is 6.62. The van der Waals surface area contributed by atoms with E-state index >= 15 is 0 Å². The van der Waals surface area contributed by atoms with Crippen molar-refractivity contribution in [2.24, 2.45) is 5.92 Å². The third-order valence-corrected chi connectivity index (χ3v) is 5.65. The van der Waals surface area contributed by atoms with Crippen LogP contribution in [-0.4, -0.2) is 16.9 Å². The van der Waals surface area contributed by atoms with E-state index in [9.17, 15) is 0 Å². The lowest BCUT2D eigenvalue weighted by Gasteiger charge is -2.11. The molecule has 146 valence electrons. The van der Waals surface area contributed by atoms with Gasteiger partial charge in [-0.15, -0.1) is 11.3 Å². The number of halogens is 1. The molecule has 1 N–H and O–H groups in total. The van der Waals surface area contributed by atoms with Gasteiger partial charge in [0.15, 0.2) is 0 Å². The van der Waals surface area contributed by atoms with Gasteiger partial charge in [0.25, 0.3) is 0 Å². The van der Waals surface area contributed by atoms with Gasteiger partial charge >= 0.3 is 0 Å². The van der Waals surface area contributed by atoms with Crippen LogP contribution in [0, 0.1) is 19.8 Å². The first kappa shape index (κ1) is 21.9. The second-order valence-corrected chi connectivity index (χ2v) is 9.32. The molecule has 0 unspecified atom stereocenters. The number of allylic oxidation sites excluding steroid dienone is 1. The Kier molecular flexibility index (Phi) is 8.30. The van der Waals surface area contributed by atoms with Crippen LogP contribution in [0.15, 0.2) is 35.7 Å². The molecule has 0 spiro atoms. The summed E-state index contributed by atoms with van der Waals surface area (Å²) in [6.07, 6.45) is 4.21. The molecule has 4 heteroatoms. The predicted octanol–water partition coefficient (Wildman–Crippen LogP) is 6.45. The summed E-state index contributed by atoms with van der Waals surface area (Å²) in [5.41, 5.74) is 8.79. The average molecular weight is 447 g/mol. The molecule has 0 fully saturated rings. The second-order valence-electron chi connectivity index (χ2n) is 7.58. The summed E-state index contributed by atoms with van der Waals surface area (Å²) in [4.78, 5) is 4.92. The fourth-order valence-corrected chi connectivity index (χ4v) is 4.23. The Balaban J connectivity index is 2.21. The molecule has 2 nitrogen and oxygen atoms in total. The molecule has 0 radical (unpaired) electrons. The van der Waals surface area contributed by atoms with Crippen molar-refractivity contribution >= 4 is 33.0 Å². The van der Waals surface area contributed by atoms with Gasteiger partial charge in [0.05, 0.1) is 16.4 Å². The van der Waals surface area contributed by atoms with E-state index in [1.54, 1.807) is 11.3 Å². The molecule has 0 aliphatic carbocycles. The number of nitrogens with one attached hydrogen (secondary N) is 1. The first-order valence-corrected chi connectivity index (χ1v) is 11.5. The van der Waals surface area contributed by atoms with Gasteiger partial charge < -0.3 is 5.32 Å². The lowest BCUT2D eigenvalue weighted by Crippen LogP contribution is -2.15. The van der Waals surface area contributed by atoms with E-state index in [4.69, 9.17) is 4.98 Å². The number of aromatic nitrogens is 1. The number of hydrogen-bond donors (Lipinski definition) is 1. The van der Waals surface area contributed by atoms with Gasteiger partial charge in [0, 0.05) is 23.7 Å². The van der Waals surface area contributed by atoms with E-state index in [1.165, 1.54) is 22.3 Å². The number of nitrogens with zero attached hydrogens (tertiary/aromatic N) is 1. The molecule has 2 aromatic rings. The maximum absolute atomic E-state index is 4.92. The Morgan fingerprint density at radius 2 is 1.93 bits per heavy atom. The van der Waals surface area contributed by atoms with E-state index < -0.39 is 0 Å². The van der Waals surface area contributed by atoms with Crippen molar-refractivity contribution in [3.05, 3.63) is 68.7 Å². The van der Waals surface area contributed by atoms with E-state index in [0.29, 0.717) is 5.92 Å². The maximum atomic E-state index is 4.92. The fourth-order valence-electron chi connectivity index (χ4n) is 2.99. The van der Waals surface area contributed by atoms with Gasteiger partial charge in [-0.2, -0.15) is 0 Å². The zero-order valence-electron chi connectivity index (χ0n) is 17.2. The van der Waals surface area contributed by atoms with Crippen LogP contribution in [0.4, 0.5) is 0 Å². The number of aryl methyl sites for hydroxylation is 3. The Morgan fingerprint density at radius 1 is 1.26 bits per heavy atom. The van der Waals surface area contributed by atoms with Gasteiger partial charge in [-0.3, -0.25) is 0 Å². The number of alkyl halides is 1. The summed E-state index contributed by atoms with van der Waals surface area (Å²) in [6.45, 7) is 15.6. The summed E-state index contributed by atoms with van der Waals surface area (Å²) in [5, 5.41) is 7.81. The molecule has 27 heavy (non-hydrogen) atoms. The maximum Gasteiger partial charge on any atom is 0.0977 e. The van der Waals surface area contributed by atoms with Crippen LogP contribution < -0.4 is 5.32 Å². The largest absolute Gasteiger partial charge is 0.380 e. The molecule has 0 bridgehead atoms. The summed E-state index contributed by atoms with van der Waals surface area (Å²) >= 11 is 5.29. The SMILES string of the molecule is C=C(C)CN/C(=C\C(C)C)c1csc(Cc2cc(C)c(CCBr)cc2C)n1. The van der Waals surface area contributed by atoms with Gasteiger partial charge in [-0.25, -0.2) is 4.98 Å². The predicted molar refractivity (Wildman–Crippen MR) is 124 cm³/mol. The zero-order valence-corrected chi connectivity index (χ0v) is 19.6. The highest BCUT2D eigenvalue weighted by molar-refractivity contribution is 9.09. The standard InChI is InChI=1S/C23H31BrN2S/c1-15(2)9-21(25-13-16(3)4)22-14-27-23(26-22)12-20-11-17(5)19(7-8-24)10-18(20)6/h9-11,14-15,25H,3,7-8,12-13H2,1-2,4-6H3/b21-9-. The minimum absolute atomic E-state index is 0.467.